The number of fused-ring (bicyclic) bond motifs is 3. The second-order valence-electron chi connectivity index (χ2n) is 8.60. The fourth-order valence-electron chi connectivity index (χ4n) is 4.74. The van der Waals surface area contributed by atoms with Gasteiger partial charge in [0.2, 0.25) is 0 Å². The number of anilines is 2. The highest BCUT2D eigenvalue weighted by atomic mass is 19.3. The Morgan fingerprint density at radius 1 is 1.19 bits per heavy atom. The number of hydrogen-bond donors (Lipinski definition) is 2. The van der Waals surface area contributed by atoms with Crippen molar-refractivity contribution in [3.8, 4) is 0 Å². The average molecular weight is 444 g/mol. The summed E-state index contributed by atoms with van der Waals surface area (Å²) in [7, 11) is 1.84. The Morgan fingerprint density at radius 3 is 2.56 bits per heavy atom. The van der Waals surface area contributed by atoms with Crippen molar-refractivity contribution in [2.24, 2.45) is 0 Å². The Kier molecular flexibility index (Phi) is 4.79. The van der Waals surface area contributed by atoms with Crippen LogP contribution in [0, 0.1) is 12.7 Å². The van der Waals surface area contributed by atoms with Crippen molar-refractivity contribution in [2.75, 3.05) is 30.5 Å². The highest BCUT2D eigenvalue weighted by molar-refractivity contribution is 5.97. The maximum absolute atomic E-state index is 14.7. The van der Waals surface area contributed by atoms with E-state index in [1.807, 2.05) is 31.0 Å². The summed E-state index contributed by atoms with van der Waals surface area (Å²) in [5, 5.41) is 24.1. The largest absolute Gasteiger partial charge is 0.379 e. The van der Waals surface area contributed by atoms with Crippen LogP contribution in [-0.2, 0) is 10.2 Å². The number of halogens is 3. The maximum atomic E-state index is 14.7. The van der Waals surface area contributed by atoms with Crippen molar-refractivity contribution < 1.29 is 23.0 Å². The molecule has 2 N–H and O–H groups in total. The minimum absolute atomic E-state index is 0.124. The van der Waals surface area contributed by atoms with Gasteiger partial charge in [-0.25, -0.2) is 13.2 Å². The highest BCUT2D eigenvalue weighted by Crippen LogP contribution is 2.50. The lowest BCUT2D eigenvalue weighted by atomic mass is 9.78. The molecule has 6 nitrogen and oxygen atoms in total. The van der Waals surface area contributed by atoms with E-state index in [0.29, 0.717) is 24.7 Å². The molecular formula is C23H23F3N4O2. The number of alkyl halides is 2. The van der Waals surface area contributed by atoms with E-state index in [1.165, 1.54) is 12.1 Å². The number of aliphatic hydroxyl groups is 1. The van der Waals surface area contributed by atoms with Gasteiger partial charge in [0.1, 0.15) is 12.0 Å². The van der Waals surface area contributed by atoms with Crippen molar-refractivity contribution in [2.45, 2.75) is 38.0 Å². The van der Waals surface area contributed by atoms with Crippen LogP contribution in [0.15, 0.2) is 30.3 Å². The van der Waals surface area contributed by atoms with Crippen LogP contribution in [0.3, 0.4) is 0 Å². The molecule has 168 valence electrons. The zero-order valence-electron chi connectivity index (χ0n) is 17.9. The second-order valence-corrected chi connectivity index (χ2v) is 8.60. The molecule has 2 aliphatic rings. The number of aliphatic hydroxyl groups excluding tert-OH is 1. The number of ether oxygens (including phenoxy) is 1. The van der Waals surface area contributed by atoms with Gasteiger partial charge in [-0.05, 0) is 31.5 Å². The van der Waals surface area contributed by atoms with E-state index in [9.17, 15) is 18.3 Å². The van der Waals surface area contributed by atoms with E-state index < -0.39 is 35.5 Å². The molecule has 1 aromatic heterocycles. The molecule has 2 atom stereocenters. The van der Waals surface area contributed by atoms with Crippen LogP contribution < -0.4 is 10.2 Å². The standard InChI is InChI=1S/C23H23F3N4O2/c1-11(13-5-4-6-14(19(13)24)20(25)26)27-21-16-7-17-18(8-15(16)12(2)28-29-21)30(3)22(31)23(17)9-32-10-23/h4-8,11,20,22,31H,9-10H2,1-3H3,(H,27,29)/t11-,22?/m1/s1. The summed E-state index contributed by atoms with van der Waals surface area (Å²) in [6.07, 6.45) is -3.60. The zero-order valence-corrected chi connectivity index (χ0v) is 17.9. The van der Waals surface area contributed by atoms with Gasteiger partial charge in [-0.3, -0.25) is 0 Å². The molecule has 0 radical (unpaired) electrons. The average Bonchev–Trinajstić information content (AvgIpc) is 2.95. The topological polar surface area (TPSA) is 70.5 Å². The molecule has 1 fully saturated rings. The SMILES string of the molecule is Cc1nnc(N[C@H](C)c2cccc(C(F)F)c2F)c2cc3c(cc12)N(C)C(O)C31COC1. The van der Waals surface area contributed by atoms with Gasteiger partial charge >= 0.3 is 0 Å². The fraction of sp³-hybridized carbons (Fsp3) is 0.391. The second kappa shape index (κ2) is 7.31. The Labute approximate surface area is 183 Å². The van der Waals surface area contributed by atoms with Crippen LogP contribution in [0.1, 0.15) is 41.8 Å². The fourth-order valence-corrected chi connectivity index (χ4v) is 4.74. The number of hydrogen-bond acceptors (Lipinski definition) is 6. The third-order valence-corrected chi connectivity index (χ3v) is 6.69. The summed E-state index contributed by atoms with van der Waals surface area (Å²) in [6, 6.07) is 7.30. The Morgan fingerprint density at radius 2 is 1.91 bits per heavy atom. The minimum atomic E-state index is -2.89. The Balaban J connectivity index is 1.59. The molecule has 1 spiro atoms. The first kappa shape index (κ1) is 21.0. The van der Waals surface area contributed by atoms with Gasteiger partial charge in [-0.2, -0.15) is 5.10 Å². The summed E-state index contributed by atoms with van der Waals surface area (Å²) >= 11 is 0. The van der Waals surface area contributed by atoms with Crippen molar-refractivity contribution in [3.05, 3.63) is 58.5 Å². The molecule has 5 rings (SSSR count). The van der Waals surface area contributed by atoms with Crippen LogP contribution in [-0.4, -0.2) is 41.8 Å². The summed E-state index contributed by atoms with van der Waals surface area (Å²) in [4.78, 5) is 1.83. The molecule has 3 aromatic rings. The van der Waals surface area contributed by atoms with E-state index >= 15 is 0 Å². The molecule has 0 amide bonds. The van der Waals surface area contributed by atoms with E-state index in [4.69, 9.17) is 4.74 Å². The minimum Gasteiger partial charge on any atom is -0.379 e. The predicted molar refractivity (Wildman–Crippen MR) is 115 cm³/mol. The number of nitrogens with zero attached hydrogens (tertiary/aromatic N) is 3. The number of rotatable bonds is 4. The number of likely N-dealkylation sites (N-methyl/N-ethyl adjacent to an activating group) is 1. The first-order valence-corrected chi connectivity index (χ1v) is 10.4. The maximum Gasteiger partial charge on any atom is 0.266 e. The van der Waals surface area contributed by atoms with Crippen LogP contribution >= 0.6 is 0 Å². The lowest BCUT2D eigenvalue weighted by Crippen LogP contribution is -2.56. The van der Waals surface area contributed by atoms with E-state index in [2.05, 4.69) is 15.5 Å². The number of nitrogens with one attached hydrogen (secondary N) is 1. The summed E-state index contributed by atoms with van der Waals surface area (Å²) in [5.74, 6) is -0.509. The molecular weight excluding hydrogens is 421 g/mol. The van der Waals surface area contributed by atoms with Crippen molar-refractivity contribution >= 4 is 22.3 Å². The smallest absolute Gasteiger partial charge is 0.266 e. The molecule has 3 heterocycles. The number of aryl methyl sites for hydroxylation is 1. The molecule has 1 unspecified atom stereocenters. The summed E-state index contributed by atoms with van der Waals surface area (Å²) < 4.78 is 46.4. The van der Waals surface area contributed by atoms with E-state index in [0.717, 1.165) is 28.1 Å². The number of benzene rings is 2. The molecule has 9 heteroatoms. The van der Waals surface area contributed by atoms with Gasteiger partial charge in [0.05, 0.1) is 35.9 Å². The van der Waals surface area contributed by atoms with Crippen LogP contribution in [0.25, 0.3) is 10.8 Å². The normalized spacial score (nSPS) is 20.0. The van der Waals surface area contributed by atoms with Crippen LogP contribution in [0.4, 0.5) is 24.7 Å². The first-order valence-electron chi connectivity index (χ1n) is 10.4. The molecule has 1 saturated heterocycles. The van der Waals surface area contributed by atoms with Gasteiger partial charge in [-0.1, -0.05) is 18.2 Å². The zero-order chi connectivity index (χ0) is 22.8. The number of aromatic nitrogens is 2. The Bertz CT molecular complexity index is 1220. The molecule has 0 bridgehead atoms. The molecule has 0 saturated carbocycles. The third-order valence-electron chi connectivity index (χ3n) is 6.69. The Hall–Kier alpha value is -2.91. The van der Waals surface area contributed by atoms with E-state index in [-0.39, 0.29) is 5.56 Å². The van der Waals surface area contributed by atoms with Crippen LogP contribution in [0.2, 0.25) is 0 Å². The molecule has 32 heavy (non-hydrogen) atoms. The quantitative estimate of drug-likeness (QED) is 0.628. The van der Waals surface area contributed by atoms with Crippen molar-refractivity contribution in [1.29, 1.82) is 0 Å². The predicted octanol–water partition coefficient (Wildman–Crippen LogP) is 4.22. The van der Waals surface area contributed by atoms with Gasteiger partial charge < -0.3 is 20.1 Å². The van der Waals surface area contributed by atoms with Crippen molar-refractivity contribution in [1.82, 2.24) is 10.2 Å². The van der Waals surface area contributed by atoms with Gasteiger partial charge in [-0.15, -0.1) is 5.10 Å². The molecule has 2 aromatic carbocycles. The first-order chi connectivity index (χ1) is 15.2. The van der Waals surface area contributed by atoms with E-state index in [1.54, 1.807) is 6.92 Å². The third kappa shape index (κ3) is 2.87. The lowest BCUT2D eigenvalue weighted by molar-refractivity contribution is -0.111. The van der Waals surface area contributed by atoms with Gasteiger partial charge in [0.25, 0.3) is 6.43 Å². The molecule has 0 aliphatic carbocycles. The summed E-state index contributed by atoms with van der Waals surface area (Å²) in [5.41, 5.74) is 1.56. The monoisotopic (exact) mass is 444 g/mol. The molecule has 2 aliphatic heterocycles. The lowest BCUT2D eigenvalue weighted by Gasteiger charge is -2.41. The van der Waals surface area contributed by atoms with Crippen LogP contribution in [0.5, 0.6) is 0 Å². The highest BCUT2D eigenvalue weighted by Gasteiger charge is 2.54. The summed E-state index contributed by atoms with van der Waals surface area (Å²) in [6.45, 7) is 4.36. The van der Waals surface area contributed by atoms with Gasteiger partial charge in [0.15, 0.2) is 5.82 Å². The van der Waals surface area contributed by atoms with Gasteiger partial charge in [0, 0.05) is 29.1 Å². The van der Waals surface area contributed by atoms with Crippen molar-refractivity contribution in [3.63, 3.8) is 0 Å².